The third-order valence-electron chi connectivity index (χ3n) is 9.02. The van der Waals surface area contributed by atoms with E-state index in [2.05, 4.69) is 20.3 Å². The van der Waals surface area contributed by atoms with E-state index in [0.29, 0.717) is 28.7 Å². The maximum Gasteiger partial charge on any atom is 0.432 e. The van der Waals surface area contributed by atoms with Gasteiger partial charge >= 0.3 is 12.1 Å². The summed E-state index contributed by atoms with van der Waals surface area (Å²) in [4.78, 5) is 62.1. The van der Waals surface area contributed by atoms with Crippen LogP contribution in [0.2, 0.25) is 0 Å². The number of anilines is 1. The number of methoxy groups -OCH3 is 1. The lowest BCUT2D eigenvalue weighted by Gasteiger charge is -2.28. The molecule has 13 heteroatoms. The number of amides is 2. The number of hydrogen-bond acceptors (Lipinski definition) is 5. The van der Waals surface area contributed by atoms with Crippen LogP contribution in [0.3, 0.4) is 0 Å². The van der Waals surface area contributed by atoms with Crippen LogP contribution in [-0.4, -0.2) is 57.1 Å². The lowest BCUT2D eigenvalue weighted by Crippen LogP contribution is -2.34. The number of carbonyl (C=O) groups excluding carboxylic acids is 4. The third kappa shape index (κ3) is 3.82. The number of rotatable bonds is 4. The summed E-state index contributed by atoms with van der Waals surface area (Å²) in [5.74, 6) is -3.06. The van der Waals surface area contributed by atoms with Crippen molar-refractivity contribution in [3.8, 4) is 0 Å². The molecule has 45 heavy (non-hydrogen) atoms. The number of likely N-dealkylation sites (tertiary alicyclic amines) is 1. The largest absolute Gasteiger partial charge is 0.465 e. The van der Waals surface area contributed by atoms with Gasteiger partial charge in [-0.25, -0.2) is 4.79 Å². The van der Waals surface area contributed by atoms with Gasteiger partial charge in [0.15, 0.2) is 0 Å². The second-order valence-electron chi connectivity index (χ2n) is 11.5. The number of alkyl halides is 3. The van der Waals surface area contributed by atoms with Crippen LogP contribution >= 0.6 is 0 Å². The van der Waals surface area contributed by atoms with Gasteiger partial charge in [-0.15, -0.1) is 0 Å². The fraction of sp³-hybridized carbons (Fsp3) is 0.188. The third-order valence-corrected chi connectivity index (χ3v) is 9.02. The van der Waals surface area contributed by atoms with Crippen LogP contribution in [0.25, 0.3) is 21.8 Å². The summed E-state index contributed by atoms with van der Waals surface area (Å²) in [5, 5.41) is 4.39. The van der Waals surface area contributed by atoms with Crippen LogP contribution in [0.5, 0.6) is 0 Å². The molecule has 8 rings (SSSR count). The second-order valence-corrected chi connectivity index (χ2v) is 11.5. The van der Waals surface area contributed by atoms with Crippen molar-refractivity contribution in [1.82, 2.24) is 19.9 Å². The first kappa shape index (κ1) is 27.0. The molecule has 5 aromatic rings. The number of piperidine rings is 1. The molecule has 2 fully saturated rings. The summed E-state index contributed by atoms with van der Waals surface area (Å²) in [7, 11) is 0.977. The molecule has 1 spiro atoms. The summed E-state index contributed by atoms with van der Waals surface area (Å²) in [5.41, 5.74) is -0.720. The van der Waals surface area contributed by atoms with E-state index < -0.39 is 40.5 Å². The van der Waals surface area contributed by atoms with E-state index in [9.17, 15) is 32.3 Å². The zero-order chi connectivity index (χ0) is 31.4. The number of aromatic amines is 3. The number of aromatic nitrogens is 3. The number of fused-ring (bicyclic) bond motifs is 3. The van der Waals surface area contributed by atoms with E-state index in [4.69, 9.17) is 4.74 Å². The number of halogens is 3. The molecule has 3 aliphatic rings. The molecule has 2 atom stereocenters. The summed E-state index contributed by atoms with van der Waals surface area (Å²) in [6.07, 6.45) is -3.37. The summed E-state index contributed by atoms with van der Waals surface area (Å²) < 4.78 is 46.5. The van der Waals surface area contributed by atoms with Crippen molar-refractivity contribution in [1.29, 1.82) is 0 Å². The van der Waals surface area contributed by atoms with Crippen molar-refractivity contribution in [3.63, 3.8) is 0 Å². The number of nitrogens with one attached hydrogen (secondary N) is 4. The fourth-order valence-corrected chi connectivity index (χ4v) is 6.97. The molecule has 2 aliphatic carbocycles. The molecule has 4 heterocycles. The predicted octanol–water partition coefficient (Wildman–Crippen LogP) is 5.53. The van der Waals surface area contributed by atoms with Gasteiger partial charge in [0.05, 0.1) is 18.4 Å². The van der Waals surface area contributed by atoms with Crippen molar-refractivity contribution in [2.45, 2.75) is 18.0 Å². The quantitative estimate of drug-likeness (QED) is 0.198. The van der Waals surface area contributed by atoms with Crippen LogP contribution < -0.4 is 5.32 Å². The average Bonchev–Trinajstić information content (AvgIpc) is 3.48. The molecule has 3 aromatic heterocycles. The molecule has 10 nitrogen and oxygen atoms in total. The minimum atomic E-state index is -4.94. The van der Waals surface area contributed by atoms with Crippen molar-refractivity contribution in [2.24, 2.45) is 5.92 Å². The van der Waals surface area contributed by atoms with Gasteiger partial charge < -0.3 is 29.9 Å². The normalized spacial score (nSPS) is 20.1. The molecular formula is C32H22F3N5O5. The number of ether oxygens (including phenoxy) is 1. The molecule has 4 N–H and O–H groups in total. The Morgan fingerprint density at radius 1 is 0.978 bits per heavy atom. The van der Waals surface area contributed by atoms with Gasteiger partial charge in [-0.05, 0) is 48.7 Å². The first-order valence-corrected chi connectivity index (χ1v) is 14.0. The Kier molecular flexibility index (Phi) is 5.38. The Balaban J connectivity index is 1.09. The molecular weight excluding hydrogens is 591 g/mol. The van der Waals surface area contributed by atoms with Crippen LogP contribution in [0, 0.1) is 5.92 Å². The molecule has 226 valence electrons. The highest BCUT2D eigenvalue weighted by atomic mass is 19.4. The van der Waals surface area contributed by atoms with E-state index in [0.717, 1.165) is 18.0 Å². The maximum absolute atomic E-state index is 13.9. The smallest absolute Gasteiger partial charge is 0.432 e. The first-order valence-electron chi connectivity index (χ1n) is 14.0. The van der Waals surface area contributed by atoms with Crippen molar-refractivity contribution in [3.05, 3.63) is 100 Å². The molecule has 2 amide bonds. The Hall–Kier alpha value is -5.59. The maximum atomic E-state index is 13.9. The van der Waals surface area contributed by atoms with E-state index in [1.54, 1.807) is 30.3 Å². The zero-order valence-electron chi connectivity index (χ0n) is 23.4. The topological polar surface area (TPSA) is 140 Å². The number of esters is 1. The first-order chi connectivity index (χ1) is 21.5. The number of ketones is 1. The SMILES string of the molecule is COC(=O)c1c(C(F)(F)F)[nH]c2c1C13CC1CN(C(=O)c1cc4cc(NC(=O)c5cc6ccccc6[nH]5)ccc4[nH]1)C3=CC2=O. The van der Waals surface area contributed by atoms with Crippen LogP contribution in [-0.2, 0) is 16.3 Å². The Bertz CT molecular complexity index is 2150. The van der Waals surface area contributed by atoms with Gasteiger partial charge in [0.1, 0.15) is 17.1 Å². The van der Waals surface area contributed by atoms with Crippen molar-refractivity contribution >= 4 is 51.1 Å². The van der Waals surface area contributed by atoms with Crippen molar-refractivity contribution < 1.29 is 37.1 Å². The van der Waals surface area contributed by atoms with Gasteiger partial charge in [-0.2, -0.15) is 13.2 Å². The van der Waals surface area contributed by atoms with Gasteiger partial charge in [0, 0.05) is 56.8 Å². The standard InChI is InChI=1S/C32H22F3N5O5/c1-45-30(44)24-25-26(39-27(24)32(33,34)35)22(41)11-23-31(25)12-16(31)13-40(23)29(43)21-10-15-8-17(6-7-19(15)38-21)36-28(42)20-9-14-4-2-3-5-18(14)37-20/h2-11,16,37-39H,12-13H2,1H3,(H,36,42). The number of nitrogens with zero attached hydrogens (tertiary/aromatic N) is 1. The highest BCUT2D eigenvalue weighted by Gasteiger charge is 2.69. The second kappa shape index (κ2) is 8.97. The summed E-state index contributed by atoms with van der Waals surface area (Å²) in [6, 6.07) is 16.0. The highest BCUT2D eigenvalue weighted by Crippen LogP contribution is 2.68. The number of carbonyl (C=O) groups is 4. The number of para-hydroxylation sites is 1. The van der Waals surface area contributed by atoms with Crippen LogP contribution in [0.15, 0.2) is 66.4 Å². The number of benzene rings is 2. The minimum Gasteiger partial charge on any atom is -0.465 e. The lowest BCUT2D eigenvalue weighted by molar-refractivity contribution is -0.141. The number of allylic oxidation sites excluding steroid dienone is 2. The van der Waals surface area contributed by atoms with Gasteiger partial charge in [0.2, 0.25) is 5.78 Å². The predicted molar refractivity (Wildman–Crippen MR) is 155 cm³/mol. The van der Waals surface area contributed by atoms with Gasteiger partial charge in [-0.3, -0.25) is 14.4 Å². The summed E-state index contributed by atoms with van der Waals surface area (Å²) >= 11 is 0. The molecule has 1 saturated carbocycles. The molecule has 1 saturated heterocycles. The van der Waals surface area contributed by atoms with Crippen LogP contribution in [0.1, 0.15) is 59.5 Å². The molecule has 2 unspecified atom stereocenters. The molecule has 1 aliphatic heterocycles. The Labute approximate surface area is 251 Å². The Morgan fingerprint density at radius 3 is 2.47 bits per heavy atom. The fourth-order valence-electron chi connectivity index (χ4n) is 6.97. The summed E-state index contributed by atoms with van der Waals surface area (Å²) in [6.45, 7) is 0.158. The molecule has 0 bridgehead atoms. The molecule has 0 radical (unpaired) electrons. The molecule has 2 aromatic carbocycles. The van der Waals surface area contributed by atoms with E-state index in [-0.39, 0.29) is 41.0 Å². The number of hydrogen-bond donors (Lipinski definition) is 4. The van der Waals surface area contributed by atoms with Crippen molar-refractivity contribution in [2.75, 3.05) is 19.0 Å². The highest BCUT2D eigenvalue weighted by molar-refractivity contribution is 6.12. The van der Waals surface area contributed by atoms with E-state index in [1.807, 2.05) is 24.3 Å². The monoisotopic (exact) mass is 613 g/mol. The van der Waals surface area contributed by atoms with Crippen LogP contribution in [0.4, 0.5) is 18.9 Å². The van der Waals surface area contributed by atoms with E-state index in [1.165, 1.54) is 11.0 Å². The Morgan fingerprint density at radius 2 is 1.71 bits per heavy atom. The minimum absolute atomic E-state index is 0.0588. The van der Waals surface area contributed by atoms with E-state index >= 15 is 0 Å². The number of H-pyrrole nitrogens is 3. The zero-order valence-corrected chi connectivity index (χ0v) is 23.4. The lowest BCUT2D eigenvalue weighted by atomic mass is 9.82. The average molecular weight is 614 g/mol. The van der Waals surface area contributed by atoms with Gasteiger partial charge in [-0.1, -0.05) is 18.2 Å². The van der Waals surface area contributed by atoms with Gasteiger partial charge in [0.25, 0.3) is 11.8 Å².